The van der Waals surface area contributed by atoms with E-state index in [9.17, 15) is 14.4 Å². The number of hydrogen-bond donors (Lipinski definition) is 4. The number of guanidine groups is 3. The zero-order valence-corrected chi connectivity index (χ0v) is 52.8. The number of aliphatic imine (C=N–C) groups is 3. The van der Waals surface area contributed by atoms with Crippen molar-refractivity contribution in [1.82, 2.24) is 24.3 Å². The maximum absolute atomic E-state index is 13.7. The molecule has 6 heterocycles. The number of anilines is 1. The minimum Gasteiger partial charge on any atom is -0.369 e. The fraction of sp³-hybridized carbons (Fsp3) is 0.426. The molecular weight excluding hydrogens is 1170 g/mol. The molecule has 0 bridgehead atoms. The fourth-order valence-electron chi connectivity index (χ4n) is 14.0. The molecular formula is C68H78Cl2N12O3S2. The summed E-state index contributed by atoms with van der Waals surface area (Å²) < 4.78 is 3.33. The fourth-order valence-corrected chi connectivity index (χ4v) is 16.4. The largest absolute Gasteiger partial charge is 0.369 e. The third kappa shape index (κ3) is 12.7. The van der Waals surface area contributed by atoms with Gasteiger partial charge in [-0.15, -0.1) is 11.3 Å². The molecule has 87 heavy (non-hydrogen) atoms. The highest BCUT2D eigenvalue weighted by Crippen LogP contribution is 2.54. The molecule has 0 spiro atoms. The second-order valence-electron chi connectivity index (χ2n) is 24.9. The highest BCUT2D eigenvalue weighted by molar-refractivity contribution is 7.22. The number of amides is 3. The Bertz CT molecular complexity index is 3700. The van der Waals surface area contributed by atoms with E-state index in [2.05, 4.69) is 50.6 Å². The van der Waals surface area contributed by atoms with Crippen molar-refractivity contribution in [2.45, 2.75) is 138 Å². The van der Waals surface area contributed by atoms with Gasteiger partial charge in [0.1, 0.15) is 5.54 Å². The standard InChI is InChI=1S/C26H37N5OS.C25H25ClN4O.C17H16ClN3OS/c1-31-23(32)26(30-24(31)27,15-14-18-8-3-2-4-9-18)17-19-10-7-11-20(16-19)28-25-29-21-12-5-6-13-22(21)33-25;26-22-9-4-7-19(17-22)18-6-3-8-21(16-18)25(20-10-11-20)23(31)30(24(27)28-25)15-5-14-29-12-1-2-13-29;1-21-15(22)17(12-5-6-12,20-16(21)19)14-8-11(9-23-14)10-3-2-4-13(18)7-10/h5-6,12-13,18-20H,2-4,7-11,14-17H2,1H3,(H2,27,30)(H,28,29);1-4,6-9,12-13,16-17,20H,5,10-11,14-15H2,(H2,27,28);2-4,7-9,12H,5-6H2,1H3,(H2,19,20)/t19-,20+,26+;;/m0../s1. The molecule has 3 aliphatic heterocycles. The molecule has 454 valence electrons. The van der Waals surface area contributed by atoms with Crippen LogP contribution in [-0.2, 0) is 32.0 Å². The van der Waals surface area contributed by atoms with Crippen LogP contribution in [0.5, 0.6) is 0 Å². The molecule has 4 saturated carbocycles. The smallest absolute Gasteiger partial charge is 0.262 e. The van der Waals surface area contributed by atoms with Crippen molar-refractivity contribution >= 4 is 96.8 Å². The Hall–Kier alpha value is -7.05. The predicted molar refractivity (Wildman–Crippen MR) is 354 cm³/mol. The van der Waals surface area contributed by atoms with Crippen LogP contribution in [0.25, 0.3) is 32.5 Å². The normalized spacial score (nSPS) is 24.8. The number of thiophene rings is 1. The Morgan fingerprint density at radius 2 is 1.24 bits per heavy atom. The number of hydrogen-bond acceptors (Lipinski definition) is 13. The second kappa shape index (κ2) is 25.6. The Labute approximate surface area is 528 Å². The van der Waals surface area contributed by atoms with Crippen LogP contribution < -0.4 is 22.5 Å². The van der Waals surface area contributed by atoms with Crippen molar-refractivity contribution in [2.75, 3.05) is 26.0 Å². The number of rotatable bonds is 17. The van der Waals surface area contributed by atoms with Crippen LogP contribution in [0.3, 0.4) is 0 Å². The SMILES string of the molecule is CN1C(=O)C(c2cc(-c3cccc(Cl)c3)cs2)(C2CC2)N=C1N.CN1C(=O)[C@@](CCC2CCCCC2)(C[C@H]2CCC[C@@H](Nc3nc4ccccc4s3)C2)N=C1N.NC1=NC(c2cccc(-c3cccc(Cl)c3)c2)(C2CC2)C(=O)N1CCCn1cccc1. The first-order valence-electron chi connectivity index (χ1n) is 31.0. The van der Waals surface area contributed by atoms with Crippen molar-refractivity contribution in [3.63, 3.8) is 0 Å². The summed E-state index contributed by atoms with van der Waals surface area (Å²) in [4.78, 5) is 64.6. The summed E-state index contributed by atoms with van der Waals surface area (Å²) in [5.41, 5.74) is 22.1. The van der Waals surface area contributed by atoms with Gasteiger partial charge >= 0.3 is 0 Å². The van der Waals surface area contributed by atoms with E-state index >= 15 is 0 Å². The van der Waals surface area contributed by atoms with Crippen molar-refractivity contribution in [3.05, 3.63) is 154 Å². The quantitative estimate of drug-likeness (QED) is 0.0688. The van der Waals surface area contributed by atoms with Crippen molar-refractivity contribution in [1.29, 1.82) is 0 Å². The van der Waals surface area contributed by atoms with Crippen LogP contribution >= 0.6 is 45.9 Å². The molecule has 15 nitrogen and oxygen atoms in total. The maximum Gasteiger partial charge on any atom is 0.262 e. The molecule has 7 aromatic rings. The third-order valence-corrected chi connectivity index (χ3v) is 21.4. The summed E-state index contributed by atoms with van der Waals surface area (Å²) in [6.07, 6.45) is 22.8. The van der Waals surface area contributed by atoms with Gasteiger partial charge in [-0.05, 0) is 182 Å². The average molecular weight is 1250 g/mol. The number of aryl methyl sites for hydroxylation is 1. The molecule has 3 amide bonds. The zero-order chi connectivity index (χ0) is 60.5. The maximum atomic E-state index is 13.7. The minimum atomic E-state index is -0.911. The molecule has 7 N–H and O–H groups in total. The van der Waals surface area contributed by atoms with E-state index in [1.54, 1.807) is 46.6 Å². The highest BCUT2D eigenvalue weighted by atomic mass is 35.5. The lowest BCUT2D eigenvalue weighted by molar-refractivity contribution is -0.132. The Balaban J connectivity index is 0.000000129. The number of likely N-dealkylation sites (N-methyl/N-ethyl adjacent to an activating group) is 2. The molecule has 5 atom stereocenters. The van der Waals surface area contributed by atoms with Crippen molar-refractivity contribution in [2.24, 2.45) is 55.8 Å². The van der Waals surface area contributed by atoms with Crippen LogP contribution in [0.4, 0.5) is 5.13 Å². The number of halogens is 2. The number of aromatic nitrogens is 2. The number of fused-ring (bicyclic) bond motifs is 1. The zero-order valence-electron chi connectivity index (χ0n) is 49.6. The van der Waals surface area contributed by atoms with Gasteiger partial charge in [0.15, 0.2) is 34.1 Å². The van der Waals surface area contributed by atoms with Gasteiger partial charge in [0.25, 0.3) is 17.7 Å². The van der Waals surface area contributed by atoms with Crippen LogP contribution in [-0.4, -0.2) is 92.1 Å². The average Bonchev–Trinajstić information content (AvgIpc) is 1.61. The number of para-hydroxylation sites is 1. The van der Waals surface area contributed by atoms with E-state index in [1.165, 1.54) is 48.1 Å². The minimum absolute atomic E-state index is 0.00301. The summed E-state index contributed by atoms with van der Waals surface area (Å²) >= 11 is 15.6. The van der Waals surface area contributed by atoms with E-state index in [1.807, 2.05) is 97.3 Å². The number of carbonyl (C=O) groups excluding carboxylic acids is 3. The number of nitrogens with zero attached hydrogens (tertiary/aromatic N) is 8. The van der Waals surface area contributed by atoms with Crippen LogP contribution in [0.2, 0.25) is 10.0 Å². The third-order valence-electron chi connectivity index (χ3n) is 18.9. The van der Waals surface area contributed by atoms with E-state index in [0.717, 1.165) is 126 Å². The molecule has 4 aliphatic carbocycles. The van der Waals surface area contributed by atoms with Gasteiger partial charge in [-0.3, -0.25) is 29.1 Å². The second-order valence-corrected chi connectivity index (χ2v) is 27.7. The van der Waals surface area contributed by atoms with Gasteiger partial charge in [-0.25, -0.2) is 20.0 Å². The van der Waals surface area contributed by atoms with Crippen LogP contribution in [0, 0.1) is 23.7 Å². The number of thiazole rings is 1. The van der Waals surface area contributed by atoms with E-state index in [4.69, 9.17) is 55.4 Å². The van der Waals surface area contributed by atoms with E-state index in [-0.39, 0.29) is 29.6 Å². The highest BCUT2D eigenvalue weighted by Gasteiger charge is 2.59. The summed E-state index contributed by atoms with van der Waals surface area (Å²) in [5.74, 6) is 2.79. The van der Waals surface area contributed by atoms with Gasteiger partial charge < -0.3 is 27.1 Å². The Morgan fingerprint density at radius 3 is 1.90 bits per heavy atom. The molecule has 2 unspecified atom stereocenters. The van der Waals surface area contributed by atoms with Gasteiger partial charge in [0.2, 0.25) is 0 Å². The van der Waals surface area contributed by atoms with Crippen molar-refractivity contribution in [3.8, 4) is 22.3 Å². The van der Waals surface area contributed by atoms with Crippen LogP contribution in [0.1, 0.15) is 120 Å². The van der Waals surface area contributed by atoms with Gasteiger partial charge in [-0.2, -0.15) is 0 Å². The topological polar surface area (TPSA) is 206 Å². The first-order valence-corrected chi connectivity index (χ1v) is 33.5. The lowest BCUT2D eigenvalue weighted by Gasteiger charge is -2.35. The molecule has 19 heteroatoms. The van der Waals surface area contributed by atoms with Gasteiger partial charge in [-0.1, -0.05) is 134 Å². The number of benzene rings is 4. The lowest BCUT2D eigenvalue weighted by Crippen LogP contribution is -2.44. The van der Waals surface area contributed by atoms with Gasteiger partial charge in [0.05, 0.1) is 10.2 Å². The van der Waals surface area contributed by atoms with Crippen molar-refractivity contribution < 1.29 is 14.4 Å². The van der Waals surface area contributed by atoms with Crippen LogP contribution in [0.15, 0.2) is 148 Å². The molecule has 4 fully saturated rings. The molecule has 0 saturated heterocycles. The molecule has 3 aromatic heterocycles. The van der Waals surface area contributed by atoms with Gasteiger partial charge in [0, 0.05) is 60.5 Å². The summed E-state index contributed by atoms with van der Waals surface area (Å²) in [6.45, 7) is 1.40. The predicted octanol–water partition coefficient (Wildman–Crippen LogP) is 13.7. The monoisotopic (exact) mass is 1240 g/mol. The summed E-state index contributed by atoms with van der Waals surface area (Å²) in [5, 5.41) is 8.15. The first-order chi connectivity index (χ1) is 42.1. The Kier molecular flexibility index (Phi) is 17.7. The molecule has 0 radical (unpaired) electrons. The molecule has 14 rings (SSSR count). The van der Waals surface area contributed by atoms with E-state index in [0.29, 0.717) is 46.4 Å². The number of nitrogens with two attached hydrogens (primary N) is 3. The summed E-state index contributed by atoms with van der Waals surface area (Å²) in [6, 6.07) is 38.3. The first kappa shape index (κ1) is 60.2. The molecule has 4 aromatic carbocycles. The number of carbonyl (C=O) groups is 3. The van der Waals surface area contributed by atoms with E-state index < -0.39 is 16.6 Å². The Morgan fingerprint density at radius 1 is 0.609 bits per heavy atom. The lowest BCUT2D eigenvalue weighted by atomic mass is 9.74. The number of nitrogens with one attached hydrogen (secondary N) is 1. The molecule has 7 aliphatic rings. The summed E-state index contributed by atoms with van der Waals surface area (Å²) in [7, 11) is 3.47.